The lowest BCUT2D eigenvalue weighted by molar-refractivity contribution is 0.0472. The SMILES string of the molecule is CC(Oc1cccc(Cl)c1)C(O)Cc1ccccn1. The van der Waals surface area contributed by atoms with Crippen molar-refractivity contribution in [3.8, 4) is 5.75 Å². The zero-order valence-electron chi connectivity index (χ0n) is 10.7. The number of halogens is 1. The van der Waals surface area contributed by atoms with Crippen molar-refractivity contribution in [1.29, 1.82) is 0 Å². The van der Waals surface area contributed by atoms with Gasteiger partial charge in [0.05, 0.1) is 6.10 Å². The van der Waals surface area contributed by atoms with Gasteiger partial charge in [-0.25, -0.2) is 0 Å². The Balaban J connectivity index is 1.94. The van der Waals surface area contributed by atoms with Crippen LogP contribution in [0.15, 0.2) is 48.7 Å². The number of hydrogen-bond acceptors (Lipinski definition) is 3. The maximum absolute atomic E-state index is 10.1. The number of rotatable bonds is 5. The third-order valence-electron chi connectivity index (χ3n) is 2.80. The Kier molecular flexibility index (Phi) is 4.77. The molecule has 0 aliphatic heterocycles. The molecule has 1 aromatic heterocycles. The maximum atomic E-state index is 10.1. The van der Waals surface area contributed by atoms with E-state index in [1.54, 1.807) is 18.3 Å². The fourth-order valence-corrected chi connectivity index (χ4v) is 1.91. The molecule has 2 atom stereocenters. The molecule has 1 aromatic carbocycles. The van der Waals surface area contributed by atoms with Crippen molar-refractivity contribution in [2.45, 2.75) is 25.6 Å². The molecule has 0 saturated carbocycles. The highest BCUT2D eigenvalue weighted by atomic mass is 35.5. The molecule has 2 unspecified atom stereocenters. The van der Waals surface area contributed by atoms with Gasteiger partial charge in [0.1, 0.15) is 11.9 Å². The van der Waals surface area contributed by atoms with Gasteiger partial charge in [0.2, 0.25) is 0 Å². The first-order valence-corrected chi connectivity index (χ1v) is 6.53. The van der Waals surface area contributed by atoms with Crippen LogP contribution < -0.4 is 4.74 Å². The Morgan fingerprint density at radius 1 is 1.26 bits per heavy atom. The third kappa shape index (κ3) is 4.23. The molecule has 0 saturated heterocycles. The number of nitrogens with zero attached hydrogens (tertiary/aromatic N) is 1. The molecule has 0 spiro atoms. The summed E-state index contributed by atoms with van der Waals surface area (Å²) in [4.78, 5) is 4.19. The fraction of sp³-hybridized carbons (Fsp3) is 0.267. The Morgan fingerprint density at radius 3 is 2.79 bits per heavy atom. The van der Waals surface area contributed by atoms with Crippen LogP contribution >= 0.6 is 11.6 Å². The van der Waals surface area contributed by atoms with E-state index in [1.165, 1.54) is 0 Å². The van der Waals surface area contributed by atoms with E-state index >= 15 is 0 Å². The molecule has 19 heavy (non-hydrogen) atoms. The van der Waals surface area contributed by atoms with Crippen LogP contribution in [0, 0.1) is 0 Å². The average Bonchev–Trinajstić information content (AvgIpc) is 2.40. The van der Waals surface area contributed by atoms with Crippen molar-refractivity contribution in [1.82, 2.24) is 4.98 Å². The monoisotopic (exact) mass is 277 g/mol. The first-order valence-electron chi connectivity index (χ1n) is 6.15. The van der Waals surface area contributed by atoms with E-state index in [0.717, 1.165) is 5.69 Å². The van der Waals surface area contributed by atoms with Gasteiger partial charge in [-0.15, -0.1) is 0 Å². The van der Waals surface area contributed by atoms with Crippen LogP contribution in [-0.4, -0.2) is 22.3 Å². The zero-order chi connectivity index (χ0) is 13.7. The van der Waals surface area contributed by atoms with E-state index < -0.39 is 6.10 Å². The van der Waals surface area contributed by atoms with Gasteiger partial charge >= 0.3 is 0 Å². The molecule has 4 heteroatoms. The number of aromatic nitrogens is 1. The first kappa shape index (κ1) is 13.8. The fourth-order valence-electron chi connectivity index (χ4n) is 1.73. The maximum Gasteiger partial charge on any atom is 0.122 e. The number of hydrogen-bond donors (Lipinski definition) is 1. The van der Waals surface area contributed by atoms with E-state index in [2.05, 4.69) is 4.98 Å². The lowest BCUT2D eigenvalue weighted by Gasteiger charge is -2.20. The lowest BCUT2D eigenvalue weighted by atomic mass is 10.1. The van der Waals surface area contributed by atoms with E-state index in [-0.39, 0.29) is 6.10 Å². The quantitative estimate of drug-likeness (QED) is 0.913. The Hall–Kier alpha value is -1.58. The molecule has 0 radical (unpaired) electrons. The van der Waals surface area contributed by atoms with Gasteiger partial charge in [0.15, 0.2) is 0 Å². The Morgan fingerprint density at radius 2 is 2.11 bits per heavy atom. The topological polar surface area (TPSA) is 42.4 Å². The number of aliphatic hydroxyl groups is 1. The molecular weight excluding hydrogens is 262 g/mol. The normalized spacial score (nSPS) is 13.8. The van der Waals surface area contributed by atoms with Gasteiger partial charge in [-0.3, -0.25) is 4.98 Å². The van der Waals surface area contributed by atoms with Crippen molar-refractivity contribution < 1.29 is 9.84 Å². The van der Waals surface area contributed by atoms with Crippen LogP contribution in [0.1, 0.15) is 12.6 Å². The molecule has 3 nitrogen and oxygen atoms in total. The van der Waals surface area contributed by atoms with Gasteiger partial charge in [-0.2, -0.15) is 0 Å². The van der Waals surface area contributed by atoms with Crippen molar-refractivity contribution in [2.75, 3.05) is 0 Å². The van der Waals surface area contributed by atoms with Gasteiger partial charge in [0.25, 0.3) is 0 Å². The van der Waals surface area contributed by atoms with E-state index in [1.807, 2.05) is 37.3 Å². The second kappa shape index (κ2) is 6.55. The molecule has 0 aliphatic carbocycles. The largest absolute Gasteiger partial charge is 0.488 e. The van der Waals surface area contributed by atoms with Gasteiger partial charge in [-0.1, -0.05) is 23.7 Å². The Bertz CT molecular complexity index is 519. The molecule has 0 fully saturated rings. The predicted molar refractivity (Wildman–Crippen MR) is 75.5 cm³/mol. The minimum Gasteiger partial charge on any atom is -0.488 e. The number of aliphatic hydroxyl groups excluding tert-OH is 1. The van der Waals surface area contributed by atoms with Gasteiger partial charge in [0, 0.05) is 23.3 Å². The van der Waals surface area contributed by atoms with Crippen LogP contribution in [0.5, 0.6) is 5.75 Å². The summed E-state index contributed by atoms with van der Waals surface area (Å²) >= 11 is 5.89. The van der Waals surface area contributed by atoms with Crippen LogP contribution in [0.4, 0.5) is 0 Å². The molecule has 1 heterocycles. The highest BCUT2D eigenvalue weighted by Gasteiger charge is 2.17. The number of ether oxygens (including phenoxy) is 1. The van der Waals surface area contributed by atoms with Gasteiger partial charge in [-0.05, 0) is 37.3 Å². The molecule has 2 aromatic rings. The summed E-state index contributed by atoms with van der Waals surface area (Å²) in [6, 6.07) is 12.8. The smallest absolute Gasteiger partial charge is 0.122 e. The molecule has 100 valence electrons. The Labute approximate surface area is 117 Å². The van der Waals surface area contributed by atoms with E-state index in [4.69, 9.17) is 16.3 Å². The minimum atomic E-state index is -0.617. The van der Waals surface area contributed by atoms with Crippen LogP contribution in [0.3, 0.4) is 0 Å². The summed E-state index contributed by atoms with van der Waals surface area (Å²) in [5, 5.41) is 10.7. The second-order valence-electron chi connectivity index (χ2n) is 4.37. The van der Waals surface area contributed by atoms with Gasteiger partial charge < -0.3 is 9.84 Å². The van der Waals surface area contributed by atoms with Crippen molar-refractivity contribution in [2.24, 2.45) is 0 Å². The highest BCUT2D eigenvalue weighted by molar-refractivity contribution is 6.30. The number of benzene rings is 1. The summed E-state index contributed by atoms with van der Waals surface area (Å²) in [5.74, 6) is 0.653. The number of pyridine rings is 1. The molecule has 2 rings (SSSR count). The zero-order valence-corrected chi connectivity index (χ0v) is 11.4. The molecular formula is C15H16ClNO2. The molecule has 0 bridgehead atoms. The van der Waals surface area contributed by atoms with Crippen LogP contribution in [-0.2, 0) is 6.42 Å². The third-order valence-corrected chi connectivity index (χ3v) is 3.04. The van der Waals surface area contributed by atoms with Crippen LogP contribution in [0.2, 0.25) is 5.02 Å². The van der Waals surface area contributed by atoms with Crippen molar-refractivity contribution >= 4 is 11.6 Å². The van der Waals surface area contributed by atoms with E-state index in [9.17, 15) is 5.11 Å². The average molecular weight is 278 g/mol. The molecule has 0 aliphatic rings. The van der Waals surface area contributed by atoms with Crippen LogP contribution in [0.25, 0.3) is 0 Å². The minimum absolute atomic E-state index is 0.333. The summed E-state index contributed by atoms with van der Waals surface area (Å²) in [7, 11) is 0. The summed E-state index contributed by atoms with van der Waals surface area (Å²) in [6.45, 7) is 1.83. The van der Waals surface area contributed by atoms with E-state index in [0.29, 0.717) is 17.2 Å². The first-order chi connectivity index (χ1) is 9.15. The predicted octanol–water partition coefficient (Wildman–Crippen LogP) is 3.11. The molecule has 0 amide bonds. The summed E-state index contributed by atoms with van der Waals surface area (Å²) in [6.07, 6.45) is 1.22. The lowest BCUT2D eigenvalue weighted by Crippen LogP contribution is -2.30. The summed E-state index contributed by atoms with van der Waals surface area (Å²) < 4.78 is 5.67. The highest BCUT2D eigenvalue weighted by Crippen LogP contribution is 2.19. The summed E-state index contributed by atoms with van der Waals surface area (Å²) in [5.41, 5.74) is 0.844. The standard InChI is InChI=1S/C15H16ClNO2/c1-11(19-14-7-4-5-12(16)9-14)15(18)10-13-6-2-3-8-17-13/h2-9,11,15,18H,10H2,1H3. The molecule has 1 N–H and O–H groups in total. The second-order valence-corrected chi connectivity index (χ2v) is 4.81. The van der Waals surface area contributed by atoms with Crippen molar-refractivity contribution in [3.05, 3.63) is 59.4 Å². The van der Waals surface area contributed by atoms with Crippen molar-refractivity contribution in [3.63, 3.8) is 0 Å².